The molecule has 5 nitrogen and oxygen atoms in total. The summed E-state index contributed by atoms with van der Waals surface area (Å²) in [6, 6.07) is 12.9. The fourth-order valence-electron chi connectivity index (χ4n) is 2.11. The maximum absolute atomic E-state index is 12.3. The molecule has 0 atom stereocenters. The van der Waals surface area contributed by atoms with E-state index in [1.165, 1.54) is 6.20 Å². The van der Waals surface area contributed by atoms with Gasteiger partial charge in [-0.25, -0.2) is 9.67 Å². The zero-order valence-electron chi connectivity index (χ0n) is 11.9. The highest BCUT2D eigenvalue weighted by molar-refractivity contribution is 9.10. The van der Waals surface area contributed by atoms with Crippen LogP contribution < -0.4 is 5.32 Å². The third-order valence-corrected chi connectivity index (χ3v) is 3.98. The second-order valence-electron chi connectivity index (χ2n) is 4.80. The molecule has 0 radical (unpaired) electrons. The number of carbonyl (C=O) groups excluding carboxylic acids is 1. The Labute approximate surface area is 146 Å². The van der Waals surface area contributed by atoms with Gasteiger partial charge in [-0.15, -0.1) is 0 Å². The van der Waals surface area contributed by atoms with Crippen molar-refractivity contribution < 1.29 is 4.79 Å². The number of carbonyl (C=O) groups is 1. The van der Waals surface area contributed by atoms with Crippen LogP contribution in [0.25, 0.3) is 0 Å². The lowest BCUT2D eigenvalue weighted by molar-refractivity contribution is 0.102. The second kappa shape index (κ2) is 6.93. The van der Waals surface area contributed by atoms with Crippen molar-refractivity contribution in [2.45, 2.75) is 6.54 Å². The molecule has 3 aromatic rings. The van der Waals surface area contributed by atoms with E-state index in [1.807, 2.05) is 24.3 Å². The van der Waals surface area contributed by atoms with Gasteiger partial charge in [-0.05, 0) is 29.8 Å². The first-order chi connectivity index (χ1) is 11.1. The largest absolute Gasteiger partial charge is 0.307 e. The first-order valence-electron chi connectivity index (χ1n) is 6.81. The van der Waals surface area contributed by atoms with Crippen LogP contribution in [0.2, 0.25) is 5.15 Å². The van der Waals surface area contributed by atoms with E-state index in [1.54, 1.807) is 29.1 Å². The summed E-state index contributed by atoms with van der Waals surface area (Å²) >= 11 is 9.39. The monoisotopic (exact) mass is 390 g/mol. The highest BCUT2D eigenvalue weighted by Crippen LogP contribution is 2.17. The van der Waals surface area contributed by atoms with Gasteiger partial charge in [-0.2, -0.15) is 5.10 Å². The van der Waals surface area contributed by atoms with Crippen LogP contribution in [0, 0.1) is 0 Å². The predicted octanol–water partition coefficient (Wildman–Crippen LogP) is 3.99. The maximum Gasteiger partial charge on any atom is 0.259 e. The lowest BCUT2D eigenvalue weighted by Gasteiger charge is -2.10. The molecule has 2 heterocycles. The van der Waals surface area contributed by atoms with Gasteiger partial charge < -0.3 is 5.32 Å². The molecule has 0 aliphatic heterocycles. The first kappa shape index (κ1) is 15.7. The minimum absolute atomic E-state index is 0.169. The molecular formula is C16H12BrClN4O. The molecule has 0 aliphatic rings. The van der Waals surface area contributed by atoms with Gasteiger partial charge in [0.1, 0.15) is 11.0 Å². The summed E-state index contributed by atoms with van der Waals surface area (Å²) in [6.07, 6.45) is 3.18. The Balaban J connectivity index is 1.79. The summed E-state index contributed by atoms with van der Waals surface area (Å²) < 4.78 is 2.71. The van der Waals surface area contributed by atoms with Crippen molar-refractivity contribution in [2.24, 2.45) is 0 Å². The molecule has 0 bridgehead atoms. The maximum atomic E-state index is 12.3. The minimum atomic E-state index is -0.320. The van der Waals surface area contributed by atoms with Crippen molar-refractivity contribution in [3.8, 4) is 0 Å². The molecule has 1 amide bonds. The smallest absolute Gasteiger partial charge is 0.259 e. The van der Waals surface area contributed by atoms with Crippen molar-refractivity contribution in [1.82, 2.24) is 14.8 Å². The van der Waals surface area contributed by atoms with E-state index < -0.39 is 0 Å². The van der Waals surface area contributed by atoms with E-state index in [-0.39, 0.29) is 11.1 Å². The van der Waals surface area contributed by atoms with Crippen molar-refractivity contribution in [2.75, 3.05) is 5.32 Å². The van der Waals surface area contributed by atoms with Gasteiger partial charge in [0, 0.05) is 16.7 Å². The fraction of sp³-hybridized carbons (Fsp3) is 0.0625. The molecular weight excluding hydrogens is 380 g/mol. The zero-order valence-corrected chi connectivity index (χ0v) is 14.3. The summed E-state index contributed by atoms with van der Waals surface area (Å²) in [5, 5.41) is 7.23. The van der Waals surface area contributed by atoms with E-state index >= 15 is 0 Å². The third kappa shape index (κ3) is 3.78. The first-order valence-corrected chi connectivity index (χ1v) is 7.99. The Morgan fingerprint density at radius 1 is 1.22 bits per heavy atom. The fourth-order valence-corrected chi connectivity index (χ4v) is 2.76. The number of nitrogens with one attached hydrogen (secondary N) is 1. The Bertz CT molecular complexity index is 849. The molecule has 0 spiro atoms. The molecule has 0 fully saturated rings. The van der Waals surface area contributed by atoms with E-state index in [0.29, 0.717) is 17.9 Å². The molecule has 0 saturated heterocycles. The molecule has 116 valence electrons. The Morgan fingerprint density at radius 3 is 2.87 bits per heavy atom. The van der Waals surface area contributed by atoms with Crippen LogP contribution in [0.1, 0.15) is 15.9 Å². The average molecular weight is 392 g/mol. The highest BCUT2D eigenvalue weighted by Gasteiger charge is 2.13. The number of amides is 1. The SMILES string of the molecule is O=C(Nc1ccnn1Cc1cccc(Br)c1)c1cccnc1Cl. The van der Waals surface area contributed by atoms with Crippen molar-refractivity contribution in [1.29, 1.82) is 0 Å². The summed E-state index contributed by atoms with van der Waals surface area (Å²) in [7, 11) is 0. The quantitative estimate of drug-likeness (QED) is 0.684. The molecule has 0 saturated carbocycles. The number of anilines is 1. The van der Waals surface area contributed by atoms with Gasteiger partial charge in [0.25, 0.3) is 5.91 Å². The molecule has 1 N–H and O–H groups in total. The normalized spacial score (nSPS) is 10.5. The van der Waals surface area contributed by atoms with Crippen LogP contribution in [0.4, 0.5) is 5.82 Å². The number of hydrogen-bond acceptors (Lipinski definition) is 3. The molecule has 3 rings (SSSR count). The molecule has 0 unspecified atom stereocenters. The van der Waals surface area contributed by atoms with Crippen molar-refractivity contribution in [3.63, 3.8) is 0 Å². The number of benzene rings is 1. The van der Waals surface area contributed by atoms with Crippen LogP contribution in [0.15, 0.2) is 59.3 Å². The van der Waals surface area contributed by atoms with Gasteiger partial charge >= 0.3 is 0 Å². The molecule has 0 aliphatic carbocycles. The van der Waals surface area contributed by atoms with Gasteiger partial charge in [-0.3, -0.25) is 4.79 Å². The second-order valence-corrected chi connectivity index (χ2v) is 6.07. The average Bonchev–Trinajstić information content (AvgIpc) is 2.94. The number of aromatic nitrogens is 3. The van der Waals surface area contributed by atoms with Gasteiger partial charge in [0.15, 0.2) is 0 Å². The van der Waals surface area contributed by atoms with Crippen LogP contribution in [-0.4, -0.2) is 20.7 Å². The molecule has 2 aromatic heterocycles. The van der Waals surface area contributed by atoms with Crippen LogP contribution in [0.3, 0.4) is 0 Å². The number of halogens is 2. The van der Waals surface area contributed by atoms with E-state index in [0.717, 1.165) is 10.0 Å². The minimum Gasteiger partial charge on any atom is -0.307 e. The van der Waals surface area contributed by atoms with Crippen LogP contribution >= 0.6 is 27.5 Å². The van der Waals surface area contributed by atoms with Crippen LogP contribution in [-0.2, 0) is 6.54 Å². The molecule has 7 heteroatoms. The number of nitrogens with zero attached hydrogens (tertiary/aromatic N) is 3. The summed E-state index contributed by atoms with van der Waals surface area (Å²) in [6.45, 7) is 0.544. The summed E-state index contributed by atoms with van der Waals surface area (Å²) in [5.74, 6) is 0.272. The predicted molar refractivity (Wildman–Crippen MR) is 92.7 cm³/mol. The van der Waals surface area contributed by atoms with E-state index in [4.69, 9.17) is 11.6 Å². The van der Waals surface area contributed by atoms with Crippen molar-refractivity contribution >= 4 is 39.3 Å². The Hall–Kier alpha value is -2.18. The number of rotatable bonds is 4. The Kier molecular flexibility index (Phi) is 4.73. The van der Waals surface area contributed by atoms with E-state index in [9.17, 15) is 4.79 Å². The lowest BCUT2D eigenvalue weighted by Crippen LogP contribution is -2.16. The van der Waals surface area contributed by atoms with Crippen LogP contribution in [0.5, 0.6) is 0 Å². The number of hydrogen-bond donors (Lipinski definition) is 1. The summed E-state index contributed by atoms with van der Waals surface area (Å²) in [4.78, 5) is 16.2. The third-order valence-electron chi connectivity index (χ3n) is 3.18. The molecule has 1 aromatic carbocycles. The lowest BCUT2D eigenvalue weighted by atomic mass is 10.2. The Morgan fingerprint density at radius 2 is 2.09 bits per heavy atom. The van der Waals surface area contributed by atoms with Gasteiger partial charge in [0.05, 0.1) is 18.3 Å². The van der Waals surface area contributed by atoms with E-state index in [2.05, 4.69) is 31.3 Å². The van der Waals surface area contributed by atoms with Crippen molar-refractivity contribution in [3.05, 3.63) is 75.6 Å². The number of pyridine rings is 1. The topological polar surface area (TPSA) is 59.8 Å². The molecule has 23 heavy (non-hydrogen) atoms. The van der Waals surface area contributed by atoms with Gasteiger partial charge in [0.2, 0.25) is 0 Å². The standard InChI is InChI=1S/C16H12BrClN4O/c17-12-4-1-3-11(9-12)10-22-14(6-8-20-22)21-16(23)13-5-2-7-19-15(13)18/h1-9H,10H2,(H,21,23). The highest BCUT2D eigenvalue weighted by atomic mass is 79.9. The zero-order chi connectivity index (χ0) is 16.2. The summed E-state index contributed by atoms with van der Waals surface area (Å²) in [5.41, 5.74) is 1.39. The van der Waals surface area contributed by atoms with Gasteiger partial charge in [-0.1, -0.05) is 39.7 Å².